The molecule has 0 atom stereocenters. The molecule has 0 fully saturated rings. The zero-order valence-corrected chi connectivity index (χ0v) is 10.2. The number of likely N-dealkylation sites (N-methyl/N-ethyl adjacent to an activating group) is 1. The van der Waals surface area contributed by atoms with Gasteiger partial charge in [-0.3, -0.25) is 0 Å². The maximum absolute atomic E-state index is 5.01. The summed E-state index contributed by atoms with van der Waals surface area (Å²) in [4.78, 5) is 2.07. The van der Waals surface area contributed by atoms with Crippen LogP contribution in [0.15, 0.2) is 54.3 Å². The highest BCUT2D eigenvalue weighted by Gasteiger charge is 2.05. The quantitative estimate of drug-likeness (QED) is 0.702. The topological polar surface area (TPSA) is 12.5 Å². The van der Waals surface area contributed by atoms with Gasteiger partial charge >= 0.3 is 0 Å². The summed E-state index contributed by atoms with van der Waals surface area (Å²) in [5, 5.41) is 0. The minimum atomic E-state index is 0.619. The maximum Gasteiger partial charge on any atom is 0.0649 e. The highest BCUT2D eigenvalue weighted by molar-refractivity contribution is 5.54. The average molecular weight is 217 g/mol. The van der Waals surface area contributed by atoms with Crippen molar-refractivity contribution >= 4 is 5.69 Å². The van der Waals surface area contributed by atoms with Crippen LogP contribution in [0.5, 0.6) is 0 Å². The molecule has 16 heavy (non-hydrogen) atoms. The summed E-state index contributed by atoms with van der Waals surface area (Å²) in [7, 11) is 3.70. The van der Waals surface area contributed by atoms with Gasteiger partial charge in [0.15, 0.2) is 0 Å². The fourth-order valence-electron chi connectivity index (χ4n) is 1.40. The molecule has 1 aromatic carbocycles. The Bertz CT molecular complexity index is 368. The fourth-order valence-corrected chi connectivity index (χ4v) is 1.40. The van der Waals surface area contributed by atoms with Crippen molar-refractivity contribution in [3.63, 3.8) is 0 Å². The highest BCUT2D eigenvalue weighted by atomic mass is 16.5. The van der Waals surface area contributed by atoms with Crippen LogP contribution < -0.4 is 4.90 Å². The molecule has 0 aromatic heterocycles. The van der Waals surface area contributed by atoms with Crippen molar-refractivity contribution in [2.75, 3.05) is 25.7 Å². The Kier molecular flexibility index (Phi) is 4.80. The molecule has 1 rings (SSSR count). The van der Waals surface area contributed by atoms with Crippen LogP contribution in [0.1, 0.15) is 6.92 Å². The van der Waals surface area contributed by atoms with Gasteiger partial charge in [0.25, 0.3) is 0 Å². The lowest BCUT2D eigenvalue weighted by Gasteiger charge is -2.22. The SMILES string of the molecule is C=C(/C(C)=C/COC)N(C)c1ccccc1. The van der Waals surface area contributed by atoms with E-state index in [0.29, 0.717) is 6.61 Å². The van der Waals surface area contributed by atoms with Crippen molar-refractivity contribution in [3.8, 4) is 0 Å². The summed E-state index contributed by atoms with van der Waals surface area (Å²) in [6.45, 7) is 6.75. The third-order valence-electron chi connectivity index (χ3n) is 2.56. The van der Waals surface area contributed by atoms with E-state index in [9.17, 15) is 0 Å². The molecule has 0 unspecified atom stereocenters. The first-order valence-electron chi connectivity index (χ1n) is 5.30. The van der Waals surface area contributed by atoms with E-state index >= 15 is 0 Å². The lowest BCUT2D eigenvalue weighted by atomic mass is 10.2. The van der Waals surface area contributed by atoms with Gasteiger partial charge in [-0.15, -0.1) is 0 Å². The second-order valence-corrected chi connectivity index (χ2v) is 3.68. The van der Waals surface area contributed by atoms with Gasteiger partial charge in [-0.25, -0.2) is 0 Å². The van der Waals surface area contributed by atoms with Gasteiger partial charge in [-0.2, -0.15) is 0 Å². The van der Waals surface area contributed by atoms with E-state index in [4.69, 9.17) is 4.74 Å². The predicted octanol–water partition coefficient (Wildman–Crippen LogP) is 3.23. The third kappa shape index (κ3) is 3.24. The lowest BCUT2D eigenvalue weighted by molar-refractivity contribution is 0.233. The molecular weight excluding hydrogens is 198 g/mol. The molecule has 0 N–H and O–H groups in total. The Morgan fingerprint density at radius 2 is 2.00 bits per heavy atom. The maximum atomic E-state index is 5.01. The number of allylic oxidation sites excluding steroid dienone is 1. The third-order valence-corrected chi connectivity index (χ3v) is 2.56. The number of nitrogens with zero attached hydrogens (tertiary/aromatic N) is 1. The number of anilines is 1. The van der Waals surface area contributed by atoms with Crippen LogP contribution in [-0.4, -0.2) is 20.8 Å². The summed E-state index contributed by atoms with van der Waals surface area (Å²) >= 11 is 0. The van der Waals surface area contributed by atoms with Crippen molar-refractivity contribution in [3.05, 3.63) is 54.3 Å². The van der Waals surface area contributed by atoms with Crippen LogP contribution in [0, 0.1) is 0 Å². The number of hydrogen-bond acceptors (Lipinski definition) is 2. The standard InChI is InChI=1S/C14H19NO/c1-12(10-11-16-4)13(2)15(3)14-8-6-5-7-9-14/h5-10H,2,11H2,1,3-4H3/b12-10+. The number of rotatable bonds is 5. The molecule has 0 aliphatic carbocycles. The van der Waals surface area contributed by atoms with E-state index in [-0.39, 0.29) is 0 Å². The summed E-state index contributed by atoms with van der Waals surface area (Å²) in [5.74, 6) is 0. The molecule has 0 aliphatic rings. The minimum Gasteiger partial charge on any atom is -0.381 e. The van der Waals surface area contributed by atoms with Crippen molar-refractivity contribution in [1.29, 1.82) is 0 Å². The molecule has 0 bridgehead atoms. The minimum absolute atomic E-state index is 0.619. The van der Waals surface area contributed by atoms with E-state index in [1.165, 1.54) is 0 Å². The van der Waals surface area contributed by atoms with Crippen LogP contribution in [-0.2, 0) is 4.74 Å². The van der Waals surface area contributed by atoms with Gasteiger partial charge in [0.1, 0.15) is 0 Å². The van der Waals surface area contributed by atoms with E-state index < -0.39 is 0 Å². The number of para-hydroxylation sites is 1. The predicted molar refractivity (Wildman–Crippen MR) is 69.6 cm³/mol. The van der Waals surface area contributed by atoms with Crippen molar-refractivity contribution in [2.45, 2.75) is 6.92 Å². The molecule has 0 spiro atoms. The smallest absolute Gasteiger partial charge is 0.0649 e. The van der Waals surface area contributed by atoms with Gasteiger partial charge < -0.3 is 9.64 Å². The van der Waals surface area contributed by atoms with E-state index in [2.05, 4.69) is 23.6 Å². The van der Waals surface area contributed by atoms with Crippen molar-refractivity contribution < 1.29 is 4.74 Å². The molecule has 2 nitrogen and oxygen atoms in total. The van der Waals surface area contributed by atoms with Crippen LogP contribution in [0.25, 0.3) is 0 Å². The number of methoxy groups -OCH3 is 1. The first kappa shape index (κ1) is 12.5. The Labute approximate surface area is 97.8 Å². The zero-order valence-electron chi connectivity index (χ0n) is 10.2. The Hall–Kier alpha value is -1.54. The van der Waals surface area contributed by atoms with Crippen LogP contribution >= 0.6 is 0 Å². The molecule has 86 valence electrons. The van der Waals surface area contributed by atoms with E-state index in [1.807, 2.05) is 38.2 Å². The average Bonchev–Trinajstić information content (AvgIpc) is 2.35. The van der Waals surface area contributed by atoms with Gasteiger partial charge in [-0.05, 0) is 24.6 Å². The second kappa shape index (κ2) is 6.13. The van der Waals surface area contributed by atoms with E-state index in [0.717, 1.165) is 17.0 Å². The number of benzene rings is 1. The van der Waals surface area contributed by atoms with Gasteiger partial charge in [-0.1, -0.05) is 30.9 Å². The monoisotopic (exact) mass is 217 g/mol. The first-order valence-corrected chi connectivity index (χ1v) is 5.30. The van der Waals surface area contributed by atoms with Gasteiger partial charge in [0.05, 0.1) is 6.61 Å². The highest BCUT2D eigenvalue weighted by Crippen LogP contribution is 2.19. The summed E-state index contributed by atoms with van der Waals surface area (Å²) in [5.41, 5.74) is 3.26. The summed E-state index contributed by atoms with van der Waals surface area (Å²) in [6, 6.07) is 10.2. The molecule has 0 radical (unpaired) electrons. The fraction of sp³-hybridized carbons (Fsp3) is 0.286. The first-order chi connectivity index (χ1) is 7.66. The second-order valence-electron chi connectivity index (χ2n) is 3.68. The summed E-state index contributed by atoms with van der Waals surface area (Å²) < 4.78 is 5.01. The van der Waals surface area contributed by atoms with Crippen molar-refractivity contribution in [2.24, 2.45) is 0 Å². The Morgan fingerprint density at radius 3 is 2.56 bits per heavy atom. The van der Waals surface area contributed by atoms with Gasteiger partial charge in [0, 0.05) is 25.5 Å². The van der Waals surface area contributed by atoms with Crippen LogP contribution in [0.2, 0.25) is 0 Å². The molecule has 0 saturated carbocycles. The summed E-state index contributed by atoms with van der Waals surface area (Å²) in [6.07, 6.45) is 2.03. The largest absolute Gasteiger partial charge is 0.381 e. The molecule has 0 saturated heterocycles. The zero-order chi connectivity index (χ0) is 12.0. The van der Waals surface area contributed by atoms with Gasteiger partial charge in [0.2, 0.25) is 0 Å². The molecule has 0 amide bonds. The lowest BCUT2D eigenvalue weighted by Crippen LogP contribution is -2.16. The number of hydrogen-bond donors (Lipinski definition) is 0. The Morgan fingerprint density at radius 1 is 1.38 bits per heavy atom. The molecule has 0 aliphatic heterocycles. The van der Waals surface area contributed by atoms with Crippen LogP contribution in [0.4, 0.5) is 5.69 Å². The van der Waals surface area contributed by atoms with Crippen molar-refractivity contribution in [1.82, 2.24) is 0 Å². The van der Waals surface area contributed by atoms with E-state index in [1.54, 1.807) is 7.11 Å². The Balaban J connectivity index is 2.75. The van der Waals surface area contributed by atoms with Crippen LogP contribution in [0.3, 0.4) is 0 Å². The molecule has 0 heterocycles. The molecule has 1 aromatic rings. The molecular formula is C14H19NO. The number of ether oxygens (including phenoxy) is 1. The molecule has 2 heteroatoms. The normalized spacial score (nSPS) is 11.3.